The molecule has 1 N–H and O–H groups in total. The van der Waals surface area contributed by atoms with Gasteiger partial charge in [0.1, 0.15) is 5.69 Å². The monoisotopic (exact) mass is 567 g/mol. The molecule has 1 aliphatic rings. The van der Waals surface area contributed by atoms with Gasteiger partial charge in [-0.05, 0) is 43.7 Å². The van der Waals surface area contributed by atoms with Crippen LogP contribution in [0.5, 0.6) is 0 Å². The lowest BCUT2D eigenvalue weighted by molar-refractivity contribution is 0.112. The highest BCUT2D eigenvalue weighted by Gasteiger charge is 2.20. The summed E-state index contributed by atoms with van der Waals surface area (Å²) in [6, 6.07) is 7.22. The van der Waals surface area contributed by atoms with Crippen molar-refractivity contribution in [2.45, 2.75) is 46.3 Å². The van der Waals surface area contributed by atoms with Crippen LogP contribution in [-0.2, 0) is 33.1 Å². The molecule has 0 saturated carbocycles. The molecule has 5 aromatic rings. The van der Waals surface area contributed by atoms with Gasteiger partial charge in [-0.25, -0.2) is 4.98 Å². The standard InChI is InChI=1S/C30H33N9O3/c1-5-9-37-20(6-2)13-23-26(37)15-32-39(29(23)41)28-24(18-40)22(7-8-31-28)19-12-25(30(42)36(4)16-19)33-27-14-21-17-35(3)10-11-38(21)34-27/h7-8,12-16,18H,5-6,9-11,17H2,1-4H3,(H,33,34). The molecule has 0 fully saturated rings. The predicted molar refractivity (Wildman–Crippen MR) is 161 cm³/mol. The van der Waals surface area contributed by atoms with E-state index >= 15 is 0 Å². The molecule has 12 heteroatoms. The van der Waals surface area contributed by atoms with Crippen LogP contribution in [0.4, 0.5) is 11.5 Å². The molecule has 1 aliphatic heterocycles. The molecular weight excluding hydrogens is 534 g/mol. The van der Waals surface area contributed by atoms with Crippen molar-refractivity contribution in [1.29, 1.82) is 0 Å². The zero-order valence-electron chi connectivity index (χ0n) is 24.2. The summed E-state index contributed by atoms with van der Waals surface area (Å²) in [7, 11) is 3.71. The third-order valence-electron chi connectivity index (χ3n) is 7.79. The van der Waals surface area contributed by atoms with E-state index in [0.29, 0.717) is 34.3 Å². The van der Waals surface area contributed by atoms with E-state index in [1.54, 1.807) is 31.6 Å². The molecule has 0 radical (unpaired) electrons. The SMILES string of the molecule is CCCn1c(CC)cc2c(=O)n(-c3nccc(-c4cc(Nc5cc6n(n5)CCN(C)C6)c(=O)n(C)c4)c3C=O)ncc21. The maximum atomic E-state index is 13.7. The molecule has 0 amide bonds. The van der Waals surface area contributed by atoms with Crippen molar-refractivity contribution in [1.82, 2.24) is 38.6 Å². The Hall–Kier alpha value is -4.84. The number of hydrogen-bond acceptors (Lipinski definition) is 8. The lowest BCUT2D eigenvalue weighted by Gasteiger charge is -2.22. The van der Waals surface area contributed by atoms with Crippen molar-refractivity contribution in [2.24, 2.45) is 7.05 Å². The number of anilines is 2. The van der Waals surface area contributed by atoms with Crippen molar-refractivity contribution >= 4 is 28.7 Å². The minimum atomic E-state index is -0.345. The quantitative estimate of drug-likeness (QED) is 0.284. The van der Waals surface area contributed by atoms with Gasteiger partial charge in [0.05, 0.1) is 34.9 Å². The van der Waals surface area contributed by atoms with Gasteiger partial charge >= 0.3 is 0 Å². The second-order valence-corrected chi connectivity index (χ2v) is 10.7. The van der Waals surface area contributed by atoms with E-state index in [1.807, 2.05) is 16.8 Å². The second-order valence-electron chi connectivity index (χ2n) is 10.7. The summed E-state index contributed by atoms with van der Waals surface area (Å²) < 4.78 is 6.69. The summed E-state index contributed by atoms with van der Waals surface area (Å²) >= 11 is 0. The highest BCUT2D eigenvalue weighted by molar-refractivity contribution is 5.91. The number of nitrogens with one attached hydrogen (secondary N) is 1. The maximum absolute atomic E-state index is 13.7. The number of aldehydes is 1. The van der Waals surface area contributed by atoms with E-state index in [4.69, 9.17) is 0 Å². The minimum Gasteiger partial charge on any atom is -0.343 e. The molecule has 6 rings (SSSR count). The number of carbonyl (C=O) groups excluding carboxylic acids is 1. The maximum Gasteiger partial charge on any atom is 0.282 e. The second kappa shape index (κ2) is 10.9. The average Bonchev–Trinajstić information content (AvgIpc) is 3.55. The fourth-order valence-corrected chi connectivity index (χ4v) is 5.68. The Kier molecular flexibility index (Phi) is 7.07. The Morgan fingerprint density at radius 2 is 1.90 bits per heavy atom. The van der Waals surface area contributed by atoms with Crippen LogP contribution in [0.3, 0.4) is 0 Å². The van der Waals surface area contributed by atoms with Crippen LogP contribution in [0.2, 0.25) is 0 Å². The smallest absolute Gasteiger partial charge is 0.282 e. The zero-order chi connectivity index (χ0) is 29.5. The van der Waals surface area contributed by atoms with Gasteiger partial charge in [-0.2, -0.15) is 14.9 Å². The number of pyridine rings is 2. The molecule has 0 spiro atoms. The van der Waals surface area contributed by atoms with Crippen LogP contribution < -0.4 is 16.4 Å². The van der Waals surface area contributed by atoms with Gasteiger partial charge < -0.3 is 14.5 Å². The molecule has 0 unspecified atom stereocenters. The first-order valence-corrected chi connectivity index (χ1v) is 14.1. The first-order chi connectivity index (χ1) is 20.3. The van der Waals surface area contributed by atoms with Gasteiger partial charge in [0.25, 0.3) is 11.1 Å². The topological polar surface area (TPSA) is 125 Å². The first kappa shape index (κ1) is 27.3. The lowest BCUT2D eigenvalue weighted by atomic mass is 10.0. The molecule has 12 nitrogen and oxygen atoms in total. The molecule has 216 valence electrons. The van der Waals surface area contributed by atoms with Crippen LogP contribution in [0.25, 0.3) is 27.8 Å². The molecule has 0 aromatic carbocycles. The number of hydrogen-bond donors (Lipinski definition) is 1. The normalized spacial score (nSPS) is 13.4. The molecule has 42 heavy (non-hydrogen) atoms. The van der Waals surface area contributed by atoms with E-state index in [0.717, 1.165) is 55.9 Å². The highest BCUT2D eigenvalue weighted by atomic mass is 16.1. The first-order valence-electron chi connectivity index (χ1n) is 14.1. The van der Waals surface area contributed by atoms with E-state index < -0.39 is 0 Å². The fraction of sp³-hybridized carbons (Fsp3) is 0.333. The Morgan fingerprint density at radius 1 is 1.07 bits per heavy atom. The van der Waals surface area contributed by atoms with E-state index in [9.17, 15) is 14.4 Å². The van der Waals surface area contributed by atoms with Crippen molar-refractivity contribution in [3.8, 4) is 16.9 Å². The van der Waals surface area contributed by atoms with Crippen molar-refractivity contribution in [3.63, 3.8) is 0 Å². The van der Waals surface area contributed by atoms with Gasteiger partial charge in [0.15, 0.2) is 17.9 Å². The van der Waals surface area contributed by atoms with E-state index in [1.165, 1.54) is 15.4 Å². The fourth-order valence-electron chi connectivity index (χ4n) is 5.68. The summed E-state index contributed by atoms with van der Waals surface area (Å²) in [5.74, 6) is 0.705. The van der Waals surface area contributed by atoms with Crippen LogP contribution >= 0.6 is 0 Å². The number of aryl methyl sites for hydroxylation is 3. The van der Waals surface area contributed by atoms with Gasteiger partial charge in [0, 0.05) is 56.4 Å². The van der Waals surface area contributed by atoms with Crippen LogP contribution in [0.1, 0.15) is 42.0 Å². The average molecular weight is 568 g/mol. The number of rotatable bonds is 8. The highest BCUT2D eigenvalue weighted by Crippen LogP contribution is 2.28. The largest absolute Gasteiger partial charge is 0.343 e. The summed E-state index contributed by atoms with van der Waals surface area (Å²) in [6.07, 6.45) is 7.23. The molecule has 5 aromatic heterocycles. The minimum absolute atomic E-state index is 0.130. The Labute approximate surface area is 241 Å². The van der Waals surface area contributed by atoms with Gasteiger partial charge in [-0.3, -0.25) is 24.0 Å². The van der Waals surface area contributed by atoms with E-state index in [2.05, 4.69) is 50.9 Å². The lowest BCUT2D eigenvalue weighted by Crippen LogP contribution is -2.30. The molecule has 6 heterocycles. The predicted octanol–water partition coefficient (Wildman–Crippen LogP) is 3.12. The summed E-state index contributed by atoms with van der Waals surface area (Å²) in [4.78, 5) is 45.9. The van der Waals surface area contributed by atoms with Gasteiger partial charge in [-0.1, -0.05) is 13.8 Å². The Morgan fingerprint density at radius 3 is 2.67 bits per heavy atom. The number of carbonyl (C=O) groups is 1. The summed E-state index contributed by atoms with van der Waals surface area (Å²) in [5, 5.41) is 12.8. The number of aromatic nitrogens is 7. The Bertz CT molecular complexity index is 1950. The van der Waals surface area contributed by atoms with Crippen LogP contribution in [0.15, 0.2) is 52.4 Å². The molecular formula is C30H33N9O3. The molecule has 0 atom stereocenters. The van der Waals surface area contributed by atoms with Crippen molar-refractivity contribution in [3.05, 3.63) is 80.5 Å². The van der Waals surface area contributed by atoms with Crippen LogP contribution in [0, 0.1) is 0 Å². The Balaban J connectivity index is 1.43. The van der Waals surface area contributed by atoms with Crippen molar-refractivity contribution in [2.75, 3.05) is 18.9 Å². The molecule has 0 saturated heterocycles. The molecule has 0 aliphatic carbocycles. The third-order valence-corrected chi connectivity index (χ3v) is 7.79. The number of fused-ring (bicyclic) bond motifs is 2. The van der Waals surface area contributed by atoms with Gasteiger partial charge in [-0.15, -0.1) is 0 Å². The number of likely N-dealkylation sites (N-methyl/N-ethyl adjacent to an activating group) is 1. The third kappa shape index (κ3) is 4.63. The summed E-state index contributed by atoms with van der Waals surface area (Å²) in [5.41, 5.74) is 3.92. The molecule has 0 bridgehead atoms. The van der Waals surface area contributed by atoms with E-state index in [-0.39, 0.29) is 22.5 Å². The number of nitrogens with zero attached hydrogens (tertiary/aromatic N) is 8. The van der Waals surface area contributed by atoms with Crippen molar-refractivity contribution < 1.29 is 4.79 Å². The van der Waals surface area contributed by atoms with Crippen LogP contribution in [-0.4, -0.2) is 58.5 Å². The van der Waals surface area contributed by atoms with Gasteiger partial charge in [0.2, 0.25) is 0 Å². The summed E-state index contributed by atoms with van der Waals surface area (Å²) in [6.45, 7) is 7.38. The zero-order valence-corrected chi connectivity index (χ0v) is 24.2.